The molecule has 0 radical (unpaired) electrons. The van der Waals surface area contributed by atoms with Crippen molar-refractivity contribution in [2.24, 2.45) is 0 Å². The number of benzene rings is 4. The third-order valence-electron chi connectivity index (χ3n) is 5.36. The molecule has 0 bridgehead atoms. The van der Waals surface area contributed by atoms with E-state index in [1.165, 1.54) is 6.08 Å². The van der Waals surface area contributed by atoms with Crippen LogP contribution in [0.2, 0.25) is 5.02 Å². The third-order valence-corrected chi connectivity index (χ3v) is 6.26. The van der Waals surface area contributed by atoms with Crippen LogP contribution in [0.4, 0.5) is 5.69 Å². The molecular formula is C28H20BrClN2O2. The number of nitriles is 1. The van der Waals surface area contributed by atoms with Crippen molar-refractivity contribution in [1.82, 2.24) is 0 Å². The summed E-state index contributed by atoms with van der Waals surface area (Å²) in [6, 6.07) is 27.0. The number of halogens is 2. The van der Waals surface area contributed by atoms with Crippen molar-refractivity contribution in [2.75, 3.05) is 5.32 Å². The predicted octanol–water partition coefficient (Wildman–Crippen LogP) is 7.69. The highest BCUT2D eigenvalue weighted by molar-refractivity contribution is 9.10. The van der Waals surface area contributed by atoms with Gasteiger partial charge in [0.2, 0.25) is 0 Å². The molecule has 6 heteroatoms. The third kappa shape index (κ3) is 5.48. The van der Waals surface area contributed by atoms with Crippen molar-refractivity contribution in [1.29, 1.82) is 5.26 Å². The minimum Gasteiger partial charge on any atom is -0.488 e. The first kappa shape index (κ1) is 23.6. The number of nitrogens with one attached hydrogen (secondary N) is 1. The monoisotopic (exact) mass is 530 g/mol. The molecule has 0 aliphatic carbocycles. The number of hydrogen-bond acceptors (Lipinski definition) is 3. The number of ether oxygens (including phenoxy) is 1. The van der Waals surface area contributed by atoms with Crippen LogP contribution in [0.1, 0.15) is 16.7 Å². The fourth-order valence-corrected chi connectivity index (χ4v) is 4.04. The lowest BCUT2D eigenvalue weighted by atomic mass is 10.1. The molecule has 0 aliphatic heterocycles. The highest BCUT2D eigenvalue weighted by Gasteiger charge is 2.14. The topological polar surface area (TPSA) is 62.1 Å². The predicted molar refractivity (Wildman–Crippen MR) is 141 cm³/mol. The number of hydrogen-bond donors (Lipinski definition) is 1. The minimum absolute atomic E-state index is 0.0481. The Morgan fingerprint density at radius 1 is 1.06 bits per heavy atom. The van der Waals surface area contributed by atoms with Gasteiger partial charge in [-0.2, -0.15) is 5.26 Å². The van der Waals surface area contributed by atoms with Crippen molar-refractivity contribution >= 4 is 56.0 Å². The zero-order valence-corrected chi connectivity index (χ0v) is 20.7. The Bertz CT molecular complexity index is 1460. The van der Waals surface area contributed by atoms with E-state index in [9.17, 15) is 10.1 Å². The first-order chi connectivity index (χ1) is 16.4. The first-order valence-electron chi connectivity index (χ1n) is 10.5. The molecule has 4 aromatic carbocycles. The summed E-state index contributed by atoms with van der Waals surface area (Å²) in [5.74, 6) is 0.0455. The molecule has 0 spiro atoms. The second kappa shape index (κ2) is 10.6. The summed E-state index contributed by atoms with van der Waals surface area (Å²) in [5, 5.41) is 15.3. The van der Waals surface area contributed by atoms with E-state index in [4.69, 9.17) is 16.3 Å². The zero-order valence-electron chi connectivity index (χ0n) is 18.3. The van der Waals surface area contributed by atoms with Gasteiger partial charge >= 0.3 is 0 Å². The highest BCUT2D eigenvalue weighted by atomic mass is 79.9. The molecule has 0 unspecified atom stereocenters. The largest absolute Gasteiger partial charge is 0.488 e. The van der Waals surface area contributed by atoms with E-state index in [1.54, 1.807) is 25.1 Å². The molecule has 0 atom stereocenters. The van der Waals surface area contributed by atoms with Crippen LogP contribution in [-0.2, 0) is 11.4 Å². The molecule has 34 heavy (non-hydrogen) atoms. The van der Waals surface area contributed by atoms with Gasteiger partial charge in [-0.15, -0.1) is 0 Å². The lowest BCUT2D eigenvalue weighted by Gasteiger charge is -2.12. The van der Waals surface area contributed by atoms with Gasteiger partial charge in [0.05, 0.1) is 0 Å². The number of fused-ring (bicyclic) bond motifs is 1. The van der Waals surface area contributed by atoms with E-state index < -0.39 is 5.91 Å². The number of anilines is 1. The summed E-state index contributed by atoms with van der Waals surface area (Å²) in [7, 11) is 0. The van der Waals surface area contributed by atoms with E-state index >= 15 is 0 Å². The second-order valence-electron chi connectivity index (χ2n) is 7.69. The van der Waals surface area contributed by atoms with Gasteiger partial charge in [-0.1, -0.05) is 70.0 Å². The minimum atomic E-state index is -0.520. The Hall–Kier alpha value is -3.59. The van der Waals surface area contributed by atoms with Crippen LogP contribution in [-0.4, -0.2) is 5.91 Å². The summed E-state index contributed by atoms with van der Waals surface area (Å²) in [4.78, 5) is 12.8. The van der Waals surface area contributed by atoms with Gasteiger partial charge in [0, 0.05) is 20.7 Å². The molecule has 0 heterocycles. The highest BCUT2D eigenvalue weighted by Crippen LogP contribution is 2.28. The number of nitrogens with zero attached hydrogens (tertiary/aromatic N) is 1. The van der Waals surface area contributed by atoms with E-state index in [2.05, 4.69) is 45.5 Å². The summed E-state index contributed by atoms with van der Waals surface area (Å²) < 4.78 is 6.89. The fourth-order valence-electron chi connectivity index (χ4n) is 3.49. The van der Waals surface area contributed by atoms with Gasteiger partial charge in [-0.3, -0.25) is 4.79 Å². The second-order valence-corrected chi connectivity index (χ2v) is 9.01. The van der Waals surface area contributed by atoms with Crippen LogP contribution in [0.3, 0.4) is 0 Å². The summed E-state index contributed by atoms with van der Waals surface area (Å²) in [6.07, 6.45) is 1.52. The maximum absolute atomic E-state index is 12.8. The molecule has 0 saturated heterocycles. The van der Waals surface area contributed by atoms with E-state index in [0.717, 1.165) is 26.4 Å². The molecule has 0 saturated carbocycles. The van der Waals surface area contributed by atoms with Crippen LogP contribution in [0, 0.1) is 18.3 Å². The van der Waals surface area contributed by atoms with Gasteiger partial charge in [-0.05, 0) is 71.3 Å². The number of carbonyl (C=O) groups is 1. The Balaban J connectivity index is 1.57. The molecule has 4 nitrogen and oxygen atoms in total. The van der Waals surface area contributed by atoms with Gasteiger partial charge in [0.25, 0.3) is 5.91 Å². The molecule has 168 valence electrons. The SMILES string of the molecule is Cc1c(Cl)cccc1NC(=O)/C(C#N)=C\c1cc(Br)ccc1OCc1ccc2ccccc2c1. The lowest BCUT2D eigenvalue weighted by molar-refractivity contribution is -0.112. The number of carbonyl (C=O) groups excluding carboxylic acids is 1. The van der Waals surface area contributed by atoms with Gasteiger partial charge < -0.3 is 10.1 Å². The van der Waals surface area contributed by atoms with Gasteiger partial charge in [-0.25, -0.2) is 0 Å². The Morgan fingerprint density at radius 3 is 2.65 bits per heavy atom. The van der Waals surface area contributed by atoms with Crippen molar-refractivity contribution in [3.63, 3.8) is 0 Å². The quantitative estimate of drug-likeness (QED) is 0.205. The standard InChI is InChI=1S/C28H20BrClN2O2/c1-18-25(30)7-4-8-26(18)32-28(33)23(16-31)14-22-15-24(29)11-12-27(22)34-17-19-9-10-20-5-2-3-6-21(20)13-19/h2-15H,17H2,1H3,(H,32,33)/b23-14-. The molecule has 1 N–H and O–H groups in total. The molecular weight excluding hydrogens is 512 g/mol. The summed E-state index contributed by atoms with van der Waals surface area (Å²) >= 11 is 9.60. The van der Waals surface area contributed by atoms with Crippen LogP contribution < -0.4 is 10.1 Å². The molecule has 4 aromatic rings. The van der Waals surface area contributed by atoms with Crippen molar-refractivity contribution in [3.8, 4) is 11.8 Å². The number of amides is 1. The summed E-state index contributed by atoms with van der Waals surface area (Å²) in [6.45, 7) is 2.16. The van der Waals surface area contributed by atoms with E-state index in [-0.39, 0.29) is 5.57 Å². The molecule has 4 rings (SSSR count). The maximum atomic E-state index is 12.8. The van der Waals surface area contributed by atoms with Crippen molar-refractivity contribution in [2.45, 2.75) is 13.5 Å². The Morgan fingerprint density at radius 2 is 1.85 bits per heavy atom. The smallest absolute Gasteiger partial charge is 0.266 e. The fraction of sp³-hybridized carbons (Fsp3) is 0.0714. The lowest BCUT2D eigenvalue weighted by Crippen LogP contribution is -2.14. The average molecular weight is 532 g/mol. The van der Waals surface area contributed by atoms with Gasteiger partial charge in [0.15, 0.2) is 0 Å². The summed E-state index contributed by atoms with van der Waals surface area (Å²) in [5.41, 5.74) is 2.88. The van der Waals surface area contributed by atoms with E-state index in [1.807, 2.05) is 42.5 Å². The molecule has 0 aliphatic rings. The molecule has 0 aromatic heterocycles. The molecule has 0 fully saturated rings. The van der Waals surface area contributed by atoms with Crippen LogP contribution in [0.25, 0.3) is 16.8 Å². The molecule has 1 amide bonds. The average Bonchev–Trinajstić information content (AvgIpc) is 2.84. The maximum Gasteiger partial charge on any atom is 0.266 e. The Labute approximate surface area is 211 Å². The normalized spacial score (nSPS) is 11.2. The van der Waals surface area contributed by atoms with Crippen molar-refractivity contribution < 1.29 is 9.53 Å². The van der Waals surface area contributed by atoms with E-state index in [0.29, 0.717) is 28.6 Å². The Kier molecular flexibility index (Phi) is 7.32. The first-order valence-corrected chi connectivity index (χ1v) is 11.7. The van der Waals surface area contributed by atoms with Crippen molar-refractivity contribution in [3.05, 3.63) is 111 Å². The van der Waals surface area contributed by atoms with Gasteiger partial charge in [0.1, 0.15) is 24.0 Å². The zero-order chi connectivity index (χ0) is 24.1. The van der Waals surface area contributed by atoms with Crippen LogP contribution in [0.15, 0.2) is 88.9 Å². The van der Waals surface area contributed by atoms with Crippen LogP contribution in [0.5, 0.6) is 5.75 Å². The number of rotatable bonds is 6. The van der Waals surface area contributed by atoms with Crippen LogP contribution >= 0.6 is 27.5 Å².